The van der Waals surface area contributed by atoms with Gasteiger partial charge in [0.2, 0.25) is 17.6 Å². The molecule has 242 valence electrons. The summed E-state index contributed by atoms with van der Waals surface area (Å²) >= 11 is 17.4. The number of halogens is 8. The number of alkyl halides is 2. The molecule has 0 radical (unpaired) electrons. The van der Waals surface area contributed by atoms with Crippen molar-refractivity contribution >= 4 is 74.1 Å². The minimum absolute atomic E-state index is 0.0239. The van der Waals surface area contributed by atoms with Crippen LogP contribution < -0.4 is 9.80 Å². The van der Waals surface area contributed by atoms with Crippen LogP contribution in [-0.2, 0) is 19.2 Å². The molecule has 1 saturated carbocycles. The first kappa shape index (κ1) is 31.8. The summed E-state index contributed by atoms with van der Waals surface area (Å²) in [6.07, 6.45) is 0.890. The van der Waals surface area contributed by atoms with Crippen LogP contribution in [0, 0.1) is 46.8 Å². The maximum Gasteiger partial charge on any atom is 0.258 e. The second-order valence-corrected chi connectivity index (χ2v) is 13.9. The normalized spacial score (nSPS) is 30.0. The van der Waals surface area contributed by atoms with Gasteiger partial charge in [-0.2, -0.15) is 0 Å². The molecule has 3 fully saturated rings. The molecule has 4 aliphatic rings. The fourth-order valence-electron chi connectivity index (χ4n) is 7.49. The number of allylic oxidation sites excluding steroid dienone is 2. The van der Waals surface area contributed by atoms with E-state index in [1.54, 1.807) is 30.3 Å². The average molecular weight is 756 g/mol. The summed E-state index contributed by atoms with van der Waals surface area (Å²) in [4.78, 5) is 51.5. The summed E-state index contributed by atoms with van der Waals surface area (Å²) in [6, 6.07) is 11.8. The van der Waals surface area contributed by atoms with Gasteiger partial charge in [0.15, 0.2) is 33.0 Å². The Balaban J connectivity index is 1.43. The Morgan fingerprint density at radius 2 is 1.36 bits per heavy atom. The summed E-state index contributed by atoms with van der Waals surface area (Å²) in [7, 11) is 0. The van der Waals surface area contributed by atoms with Crippen molar-refractivity contribution in [3.05, 3.63) is 99.3 Å². The molecule has 3 aromatic rings. The molecule has 7 rings (SSSR count). The standard InChI is InChI=1S/C32H18BrCl2F5N2O5/c33-12-5-7-13(8-6-12)41-27(44)16-10-9-14-17(19(16)28(41)45)11-31(34)29(46)42(26-24(39)22(37)21(36)23(38)25(26)40)30(47)32(31,35)20(14)15-3-1-2-4-18(15)43/h1-9,16-17,19-20,43H,10-11H2/t16-,17+,19-,20+,31+,32-/m0/s1. The van der Waals surface area contributed by atoms with E-state index in [9.17, 15) is 37.5 Å². The number of nitrogens with zero attached hydrogens (tertiary/aromatic N) is 2. The SMILES string of the molecule is O=C1[C@H]2[C@H](CC=C3[C@H]2C[C@@]2(Cl)C(=O)N(c4c(F)c(F)c(F)c(F)c4F)C(=O)[C@@]2(Cl)[C@H]3c2ccccc2O)C(=O)N1c1ccc(Br)cc1. The van der Waals surface area contributed by atoms with E-state index in [0.29, 0.717) is 4.47 Å². The lowest BCUT2D eigenvalue weighted by molar-refractivity contribution is -0.125. The van der Waals surface area contributed by atoms with E-state index in [0.717, 1.165) is 4.90 Å². The number of rotatable bonds is 3. The van der Waals surface area contributed by atoms with E-state index in [2.05, 4.69) is 15.9 Å². The predicted molar refractivity (Wildman–Crippen MR) is 161 cm³/mol. The zero-order valence-corrected chi connectivity index (χ0v) is 26.5. The van der Waals surface area contributed by atoms with E-state index < -0.39 is 104 Å². The van der Waals surface area contributed by atoms with Crippen molar-refractivity contribution in [3.63, 3.8) is 0 Å². The number of anilines is 2. The predicted octanol–water partition coefficient (Wildman–Crippen LogP) is 6.62. The van der Waals surface area contributed by atoms with Crippen LogP contribution in [0.1, 0.15) is 24.3 Å². The van der Waals surface area contributed by atoms with E-state index in [4.69, 9.17) is 23.2 Å². The summed E-state index contributed by atoms with van der Waals surface area (Å²) in [5.41, 5.74) is -1.43. The molecule has 0 aromatic heterocycles. The second-order valence-electron chi connectivity index (χ2n) is 11.7. The number of phenolic OH excluding ortho intramolecular Hbond substituents is 1. The quantitative estimate of drug-likeness (QED) is 0.0811. The van der Waals surface area contributed by atoms with Crippen LogP contribution in [0.3, 0.4) is 0 Å². The summed E-state index contributed by atoms with van der Waals surface area (Å²) in [6.45, 7) is 0. The number of para-hydroxylation sites is 1. The Morgan fingerprint density at radius 1 is 0.766 bits per heavy atom. The Hall–Kier alpha value is -3.81. The Kier molecular flexibility index (Phi) is 7.16. The molecule has 4 amide bonds. The van der Waals surface area contributed by atoms with Crippen molar-refractivity contribution in [2.45, 2.75) is 28.5 Å². The van der Waals surface area contributed by atoms with Crippen LogP contribution in [0.4, 0.5) is 33.3 Å². The highest BCUT2D eigenvalue weighted by Gasteiger charge is 2.77. The number of hydrogen-bond acceptors (Lipinski definition) is 5. The number of phenols is 1. The molecule has 7 nitrogen and oxygen atoms in total. The number of amides is 4. The molecule has 0 bridgehead atoms. The van der Waals surface area contributed by atoms with Crippen LogP contribution >= 0.6 is 39.1 Å². The topological polar surface area (TPSA) is 95.0 Å². The van der Waals surface area contributed by atoms with E-state index >= 15 is 8.78 Å². The first-order valence-corrected chi connectivity index (χ1v) is 15.6. The highest BCUT2D eigenvalue weighted by molar-refractivity contribution is 9.10. The van der Waals surface area contributed by atoms with Crippen molar-refractivity contribution in [2.75, 3.05) is 9.80 Å². The number of imide groups is 2. The third kappa shape index (κ3) is 4.02. The highest BCUT2D eigenvalue weighted by atomic mass is 79.9. The minimum atomic E-state index is -2.71. The molecule has 2 aliphatic carbocycles. The molecule has 2 heterocycles. The number of fused-ring (bicyclic) bond motifs is 4. The van der Waals surface area contributed by atoms with Crippen LogP contribution in [0.2, 0.25) is 0 Å². The fourth-order valence-corrected chi connectivity index (χ4v) is 8.68. The minimum Gasteiger partial charge on any atom is -0.508 e. The van der Waals surface area contributed by atoms with Crippen molar-refractivity contribution in [1.82, 2.24) is 0 Å². The monoisotopic (exact) mass is 754 g/mol. The number of benzene rings is 3. The average Bonchev–Trinajstić information content (AvgIpc) is 3.38. The van der Waals surface area contributed by atoms with Gasteiger partial charge in [-0.1, -0.05) is 45.8 Å². The second kappa shape index (κ2) is 10.6. The third-order valence-corrected chi connectivity index (χ3v) is 11.5. The first-order valence-electron chi connectivity index (χ1n) is 14.1. The van der Waals surface area contributed by atoms with Gasteiger partial charge in [0.25, 0.3) is 11.8 Å². The van der Waals surface area contributed by atoms with Gasteiger partial charge in [-0.05, 0) is 49.1 Å². The van der Waals surface area contributed by atoms with Gasteiger partial charge < -0.3 is 5.11 Å². The fraction of sp³-hybridized carbons (Fsp3) is 0.250. The lowest BCUT2D eigenvalue weighted by Crippen LogP contribution is -2.60. The van der Waals surface area contributed by atoms with Crippen molar-refractivity contribution < 1.29 is 46.2 Å². The molecule has 0 unspecified atom stereocenters. The molecular formula is C32H18BrCl2F5N2O5. The van der Waals surface area contributed by atoms with Gasteiger partial charge in [0.1, 0.15) is 11.4 Å². The lowest BCUT2D eigenvalue weighted by Gasteiger charge is -2.50. The Labute approximate surface area is 280 Å². The van der Waals surface area contributed by atoms with Gasteiger partial charge >= 0.3 is 0 Å². The number of aromatic hydroxyl groups is 1. The van der Waals surface area contributed by atoms with Gasteiger partial charge in [-0.3, -0.25) is 24.1 Å². The summed E-state index contributed by atoms with van der Waals surface area (Å²) in [5, 5.41) is 11.0. The van der Waals surface area contributed by atoms with Crippen molar-refractivity contribution in [1.29, 1.82) is 0 Å². The largest absolute Gasteiger partial charge is 0.508 e. The molecular weight excluding hydrogens is 738 g/mol. The van der Waals surface area contributed by atoms with Gasteiger partial charge in [-0.15, -0.1) is 23.2 Å². The number of hydrogen-bond donors (Lipinski definition) is 1. The zero-order chi connectivity index (χ0) is 33.9. The van der Waals surface area contributed by atoms with Gasteiger partial charge in [0.05, 0.1) is 17.5 Å². The van der Waals surface area contributed by atoms with Crippen molar-refractivity contribution in [2.24, 2.45) is 17.8 Å². The maximum absolute atomic E-state index is 15.1. The van der Waals surface area contributed by atoms with Crippen LogP contribution in [-0.4, -0.2) is 38.5 Å². The molecule has 15 heteroatoms. The summed E-state index contributed by atoms with van der Waals surface area (Å²) in [5.74, 6) is -21.9. The number of carbonyl (C=O) groups is 4. The van der Waals surface area contributed by atoms with E-state index in [1.165, 1.54) is 24.3 Å². The van der Waals surface area contributed by atoms with E-state index in [1.807, 2.05) is 0 Å². The third-order valence-electron chi connectivity index (χ3n) is 9.55. The Morgan fingerprint density at radius 3 is 1.98 bits per heavy atom. The first-order chi connectivity index (χ1) is 22.2. The molecule has 47 heavy (non-hydrogen) atoms. The van der Waals surface area contributed by atoms with Gasteiger partial charge in [0, 0.05) is 16.0 Å². The molecule has 2 aliphatic heterocycles. The maximum atomic E-state index is 15.1. The number of carbonyl (C=O) groups excluding carboxylic acids is 4. The van der Waals surface area contributed by atoms with Crippen LogP contribution in [0.15, 0.2) is 64.7 Å². The molecule has 2 saturated heterocycles. The lowest BCUT2D eigenvalue weighted by atomic mass is 9.56. The zero-order valence-electron chi connectivity index (χ0n) is 23.4. The Bertz CT molecular complexity index is 1970. The van der Waals surface area contributed by atoms with Crippen LogP contribution in [0.5, 0.6) is 5.75 Å². The molecule has 3 aromatic carbocycles. The smallest absolute Gasteiger partial charge is 0.258 e. The molecule has 0 spiro atoms. The highest BCUT2D eigenvalue weighted by Crippen LogP contribution is 2.66. The van der Waals surface area contributed by atoms with E-state index in [-0.39, 0.29) is 28.1 Å². The molecule has 1 N–H and O–H groups in total. The molecule has 6 atom stereocenters. The van der Waals surface area contributed by atoms with Gasteiger partial charge in [-0.25, -0.2) is 26.9 Å². The van der Waals surface area contributed by atoms with Crippen molar-refractivity contribution in [3.8, 4) is 5.75 Å². The summed E-state index contributed by atoms with van der Waals surface area (Å²) < 4.78 is 73.5. The van der Waals surface area contributed by atoms with Crippen LogP contribution in [0.25, 0.3) is 0 Å².